The highest BCUT2D eigenvalue weighted by Gasteiger charge is 2.22. The molecule has 1 aromatic rings. The Morgan fingerprint density at radius 2 is 1.88 bits per heavy atom. The van der Waals surface area contributed by atoms with Crippen LogP contribution in [0.25, 0.3) is 0 Å². The van der Waals surface area contributed by atoms with Crippen LogP contribution in [-0.2, 0) is 9.53 Å². The number of hydrogen-bond donors (Lipinski definition) is 0. The van der Waals surface area contributed by atoms with E-state index in [1.54, 1.807) is 18.2 Å². The van der Waals surface area contributed by atoms with Crippen LogP contribution >= 0.6 is 0 Å². The largest absolute Gasteiger partial charge is 0.493 e. The first-order chi connectivity index (χ1) is 8.17. The van der Waals surface area contributed by atoms with Crippen LogP contribution in [0.3, 0.4) is 0 Å². The van der Waals surface area contributed by atoms with Gasteiger partial charge in [0.25, 0.3) is 0 Å². The molecule has 0 radical (unpaired) electrons. The highest BCUT2D eigenvalue weighted by molar-refractivity contribution is 5.81. The van der Waals surface area contributed by atoms with Crippen molar-refractivity contribution < 1.29 is 19.0 Å². The van der Waals surface area contributed by atoms with Crippen LogP contribution in [-0.4, -0.2) is 27.3 Å². The van der Waals surface area contributed by atoms with Gasteiger partial charge in [-0.1, -0.05) is 6.07 Å². The van der Waals surface area contributed by atoms with Gasteiger partial charge in [-0.3, -0.25) is 4.79 Å². The Morgan fingerprint density at radius 3 is 2.35 bits per heavy atom. The zero-order chi connectivity index (χ0) is 12.8. The molecule has 1 aromatic carbocycles. The van der Waals surface area contributed by atoms with Crippen LogP contribution < -0.4 is 9.47 Å². The zero-order valence-corrected chi connectivity index (χ0v) is 9.89. The summed E-state index contributed by atoms with van der Waals surface area (Å²) >= 11 is 0. The molecule has 0 fully saturated rings. The molecule has 1 atom stereocenters. The molecule has 0 saturated heterocycles. The third-order valence-corrected chi connectivity index (χ3v) is 2.31. The summed E-state index contributed by atoms with van der Waals surface area (Å²) in [5, 5.41) is 8.95. The second-order valence-electron chi connectivity index (χ2n) is 3.20. The molecule has 90 valence electrons. The van der Waals surface area contributed by atoms with E-state index < -0.39 is 11.9 Å². The van der Waals surface area contributed by atoms with Crippen molar-refractivity contribution in [1.29, 1.82) is 5.26 Å². The van der Waals surface area contributed by atoms with Gasteiger partial charge < -0.3 is 14.2 Å². The Bertz CT molecular complexity index is 450. The van der Waals surface area contributed by atoms with E-state index in [-0.39, 0.29) is 0 Å². The van der Waals surface area contributed by atoms with Crippen LogP contribution in [0, 0.1) is 11.3 Å². The number of hydrogen-bond acceptors (Lipinski definition) is 5. The van der Waals surface area contributed by atoms with Gasteiger partial charge in [0.2, 0.25) is 0 Å². The van der Waals surface area contributed by atoms with Gasteiger partial charge in [-0.2, -0.15) is 5.26 Å². The summed E-state index contributed by atoms with van der Waals surface area (Å²) in [6.45, 7) is 0. The third-order valence-electron chi connectivity index (χ3n) is 2.31. The van der Waals surface area contributed by atoms with E-state index >= 15 is 0 Å². The van der Waals surface area contributed by atoms with Gasteiger partial charge in [0, 0.05) is 0 Å². The molecule has 0 unspecified atom stereocenters. The molecule has 0 bridgehead atoms. The van der Waals surface area contributed by atoms with Gasteiger partial charge >= 0.3 is 5.97 Å². The van der Waals surface area contributed by atoms with Crippen molar-refractivity contribution in [2.24, 2.45) is 0 Å². The molecule has 0 heterocycles. The number of carbonyl (C=O) groups excluding carboxylic acids is 1. The van der Waals surface area contributed by atoms with Crippen molar-refractivity contribution in [3.63, 3.8) is 0 Å². The standard InChI is InChI=1S/C12H13NO4/c1-15-10-5-4-8(6-11(10)16-2)9(7-13)12(14)17-3/h4-6,9H,1-3H3/t9-/m1/s1. The average molecular weight is 235 g/mol. The minimum absolute atomic E-state index is 0.467. The SMILES string of the molecule is COC(=O)[C@H](C#N)c1ccc(OC)c(OC)c1. The number of esters is 1. The highest BCUT2D eigenvalue weighted by Crippen LogP contribution is 2.30. The molecule has 17 heavy (non-hydrogen) atoms. The van der Waals surface area contributed by atoms with Crippen LogP contribution in [0.2, 0.25) is 0 Å². The molecule has 1 rings (SSSR count). The molecule has 0 aromatic heterocycles. The predicted molar refractivity (Wildman–Crippen MR) is 59.9 cm³/mol. The van der Waals surface area contributed by atoms with Crippen LogP contribution in [0.1, 0.15) is 11.5 Å². The first kappa shape index (κ1) is 12.8. The fourth-order valence-electron chi connectivity index (χ4n) is 1.41. The Hall–Kier alpha value is -2.22. The van der Waals surface area contributed by atoms with E-state index in [2.05, 4.69) is 4.74 Å². The van der Waals surface area contributed by atoms with E-state index in [0.717, 1.165) is 0 Å². The zero-order valence-electron chi connectivity index (χ0n) is 9.89. The minimum Gasteiger partial charge on any atom is -0.493 e. The van der Waals surface area contributed by atoms with Crippen molar-refractivity contribution in [3.8, 4) is 17.6 Å². The monoisotopic (exact) mass is 235 g/mol. The lowest BCUT2D eigenvalue weighted by Crippen LogP contribution is -2.12. The molecule has 0 aliphatic heterocycles. The van der Waals surface area contributed by atoms with Crippen molar-refractivity contribution >= 4 is 5.97 Å². The maximum absolute atomic E-state index is 11.4. The fourth-order valence-corrected chi connectivity index (χ4v) is 1.41. The fraction of sp³-hybridized carbons (Fsp3) is 0.333. The molecule has 0 amide bonds. The second-order valence-corrected chi connectivity index (χ2v) is 3.20. The van der Waals surface area contributed by atoms with E-state index in [0.29, 0.717) is 17.1 Å². The van der Waals surface area contributed by atoms with Crippen LogP contribution in [0.4, 0.5) is 0 Å². The molecule has 0 N–H and O–H groups in total. The highest BCUT2D eigenvalue weighted by atomic mass is 16.5. The van der Waals surface area contributed by atoms with E-state index in [1.807, 2.05) is 6.07 Å². The lowest BCUT2D eigenvalue weighted by atomic mass is 10.0. The Balaban J connectivity index is 3.14. The maximum atomic E-state index is 11.4. The normalized spacial score (nSPS) is 11.2. The van der Waals surface area contributed by atoms with Crippen molar-refractivity contribution in [3.05, 3.63) is 23.8 Å². The average Bonchev–Trinajstić information content (AvgIpc) is 2.38. The van der Waals surface area contributed by atoms with Gasteiger partial charge in [-0.15, -0.1) is 0 Å². The van der Waals surface area contributed by atoms with Gasteiger partial charge in [0.05, 0.1) is 27.4 Å². The quantitative estimate of drug-likeness (QED) is 0.739. The number of methoxy groups -OCH3 is 3. The van der Waals surface area contributed by atoms with Gasteiger partial charge in [0.1, 0.15) is 0 Å². The summed E-state index contributed by atoms with van der Waals surface area (Å²) in [6.07, 6.45) is 0. The molecule has 0 spiro atoms. The number of nitriles is 1. The topological polar surface area (TPSA) is 68.6 Å². The summed E-state index contributed by atoms with van der Waals surface area (Å²) in [4.78, 5) is 11.4. The molecule has 0 saturated carbocycles. The summed E-state index contributed by atoms with van der Waals surface area (Å²) < 4.78 is 14.7. The third kappa shape index (κ3) is 2.67. The molecule has 0 aliphatic carbocycles. The van der Waals surface area contributed by atoms with Gasteiger partial charge in [-0.25, -0.2) is 0 Å². The predicted octanol–water partition coefficient (Wildman–Crippen LogP) is 1.48. The lowest BCUT2D eigenvalue weighted by Gasteiger charge is -2.11. The smallest absolute Gasteiger partial charge is 0.327 e. The van der Waals surface area contributed by atoms with Crippen LogP contribution in [0.15, 0.2) is 18.2 Å². The van der Waals surface area contributed by atoms with Gasteiger partial charge in [0.15, 0.2) is 17.4 Å². The van der Waals surface area contributed by atoms with Crippen LogP contribution in [0.5, 0.6) is 11.5 Å². The molecule has 5 nitrogen and oxygen atoms in total. The number of rotatable bonds is 4. The van der Waals surface area contributed by atoms with E-state index in [9.17, 15) is 4.79 Å². The van der Waals surface area contributed by atoms with E-state index in [1.165, 1.54) is 21.3 Å². The number of carbonyl (C=O) groups is 1. The Morgan fingerprint density at radius 1 is 1.24 bits per heavy atom. The van der Waals surface area contributed by atoms with Gasteiger partial charge in [-0.05, 0) is 17.7 Å². The first-order valence-electron chi connectivity index (χ1n) is 4.87. The second kappa shape index (κ2) is 5.75. The number of benzene rings is 1. The maximum Gasteiger partial charge on any atom is 0.327 e. The van der Waals surface area contributed by atoms with Crippen molar-refractivity contribution in [2.75, 3.05) is 21.3 Å². The van der Waals surface area contributed by atoms with Crippen molar-refractivity contribution in [2.45, 2.75) is 5.92 Å². The number of ether oxygens (including phenoxy) is 3. The molecule has 0 aliphatic rings. The Labute approximate surface area is 99.5 Å². The summed E-state index contributed by atoms with van der Waals surface area (Å²) in [7, 11) is 4.24. The van der Waals surface area contributed by atoms with Crippen molar-refractivity contribution in [1.82, 2.24) is 0 Å². The molecular weight excluding hydrogens is 222 g/mol. The summed E-state index contributed by atoms with van der Waals surface area (Å²) in [5.74, 6) is -0.550. The minimum atomic E-state index is -0.959. The summed E-state index contributed by atoms with van der Waals surface area (Å²) in [5.41, 5.74) is 0.511. The molecular formula is C12H13NO4. The first-order valence-corrected chi connectivity index (χ1v) is 4.87. The lowest BCUT2D eigenvalue weighted by molar-refractivity contribution is -0.140. The molecule has 5 heteroatoms. The Kier molecular flexibility index (Phi) is 4.35. The van der Waals surface area contributed by atoms with E-state index in [4.69, 9.17) is 14.7 Å². The summed E-state index contributed by atoms with van der Waals surface area (Å²) in [6, 6.07) is 6.75. The number of nitrogens with zero attached hydrogens (tertiary/aromatic N) is 1.